The summed E-state index contributed by atoms with van der Waals surface area (Å²) in [6.45, 7) is 8.27. The molecule has 1 amide bonds. The van der Waals surface area contributed by atoms with Crippen molar-refractivity contribution in [3.05, 3.63) is 29.8 Å². The third-order valence-corrected chi connectivity index (χ3v) is 3.43. The number of benzene rings is 1. The van der Waals surface area contributed by atoms with Gasteiger partial charge in [0, 0.05) is 25.2 Å². The maximum absolute atomic E-state index is 11.3. The van der Waals surface area contributed by atoms with Gasteiger partial charge in [0.2, 0.25) is 0 Å². The number of amides is 1. The molecule has 0 aliphatic carbocycles. The number of carbonyl (C=O) groups excluding carboxylic acids is 1. The van der Waals surface area contributed by atoms with E-state index in [1.807, 2.05) is 0 Å². The molecule has 2 rings (SSSR count). The number of hydrazine groups is 1. The number of morpholine rings is 1. The molecule has 1 saturated heterocycles. The first-order valence-electron chi connectivity index (χ1n) is 7.10. The van der Waals surface area contributed by atoms with Crippen LogP contribution in [0.5, 0.6) is 5.75 Å². The molecule has 3 N–H and O–H groups in total. The average Bonchev–Trinajstić information content (AvgIpc) is 2.46. The summed E-state index contributed by atoms with van der Waals surface area (Å²) < 4.78 is 11.4. The first kappa shape index (κ1) is 15.8. The second-order valence-corrected chi connectivity index (χ2v) is 5.73. The monoisotopic (exact) mass is 293 g/mol. The molecule has 1 aliphatic rings. The van der Waals surface area contributed by atoms with Gasteiger partial charge in [0.15, 0.2) is 0 Å². The van der Waals surface area contributed by atoms with Crippen LogP contribution in [0.25, 0.3) is 0 Å². The van der Waals surface area contributed by atoms with E-state index in [0.717, 1.165) is 32.0 Å². The lowest BCUT2D eigenvalue weighted by Gasteiger charge is -2.38. The highest BCUT2D eigenvalue weighted by molar-refractivity contribution is 5.93. The highest BCUT2D eigenvalue weighted by Gasteiger charge is 2.26. The van der Waals surface area contributed by atoms with Crippen molar-refractivity contribution in [1.82, 2.24) is 10.3 Å². The third-order valence-electron chi connectivity index (χ3n) is 3.43. The van der Waals surface area contributed by atoms with Gasteiger partial charge in [-0.1, -0.05) is 0 Å². The second kappa shape index (κ2) is 6.89. The lowest BCUT2D eigenvalue weighted by Crippen LogP contribution is -2.49. The maximum atomic E-state index is 11.3. The molecular weight excluding hydrogens is 270 g/mol. The minimum absolute atomic E-state index is 0.0878. The highest BCUT2D eigenvalue weighted by atomic mass is 16.5. The molecular formula is C15H23N3O3. The van der Waals surface area contributed by atoms with Crippen LogP contribution in [0.4, 0.5) is 0 Å². The molecule has 0 saturated carbocycles. The summed E-state index contributed by atoms with van der Waals surface area (Å²) in [7, 11) is 0. The fourth-order valence-corrected chi connectivity index (χ4v) is 2.38. The molecule has 0 radical (unpaired) electrons. The van der Waals surface area contributed by atoms with Crippen LogP contribution in [0.3, 0.4) is 0 Å². The summed E-state index contributed by atoms with van der Waals surface area (Å²) in [4.78, 5) is 13.6. The van der Waals surface area contributed by atoms with Gasteiger partial charge in [-0.05, 0) is 38.1 Å². The number of ether oxygens (including phenoxy) is 2. The zero-order valence-corrected chi connectivity index (χ0v) is 12.6. The largest absolute Gasteiger partial charge is 0.492 e. The Balaban J connectivity index is 1.77. The summed E-state index contributed by atoms with van der Waals surface area (Å²) >= 11 is 0. The average molecular weight is 293 g/mol. The molecule has 0 atom stereocenters. The molecule has 116 valence electrons. The van der Waals surface area contributed by atoms with E-state index in [1.54, 1.807) is 24.3 Å². The van der Waals surface area contributed by atoms with E-state index >= 15 is 0 Å². The van der Waals surface area contributed by atoms with E-state index in [1.165, 1.54) is 0 Å². The fraction of sp³-hybridized carbons (Fsp3) is 0.533. The number of nitrogens with zero attached hydrogens (tertiary/aromatic N) is 1. The van der Waals surface area contributed by atoms with Gasteiger partial charge in [-0.2, -0.15) is 0 Å². The summed E-state index contributed by atoms with van der Waals surface area (Å²) in [5.41, 5.74) is 2.52. The minimum Gasteiger partial charge on any atom is -0.492 e. The Morgan fingerprint density at radius 1 is 1.43 bits per heavy atom. The Hall–Kier alpha value is -1.63. The van der Waals surface area contributed by atoms with Crippen LogP contribution < -0.4 is 16.0 Å². The molecule has 1 fully saturated rings. The zero-order chi connectivity index (χ0) is 15.3. The maximum Gasteiger partial charge on any atom is 0.265 e. The Morgan fingerprint density at radius 2 is 2.14 bits per heavy atom. The Morgan fingerprint density at radius 3 is 2.76 bits per heavy atom. The van der Waals surface area contributed by atoms with Crippen LogP contribution in [0.2, 0.25) is 0 Å². The first-order valence-corrected chi connectivity index (χ1v) is 7.10. The second-order valence-electron chi connectivity index (χ2n) is 5.73. The molecule has 1 aliphatic heterocycles. The summed E-state index contributed by atoms with van der Waals surface area (Å²) in [5, 5.41) is 0. The third kappa shape index (κ3) is 4.70. The molecule has 21 heavy (non-hydrogen) atoms. The zero-order valence-electron chi connectivity index (χ0n) is 12.6. The number of rotatable bonds is 5. The first-order chi connectivity index (χ1) is 10.00. The van der Waals surface area contributed by atoms with E-state index < -0.39 is 0 Å². The van der Waals surface area contributed by atoms with Gasteiger partial charge >= 0.3 is 0 Å². The van der Waals surface area contributed by atoms with Crippen molar-refractivity contribution in [2.24, 2.45) is 5.84 Å². The van der Waals surface area contributed by atoms with Gasteiger partial charge in [0.05, 0.1) is 12.2 Å². The van der Waals surface area contributed by atoms with Crippen LogP contribution in [-0.2, 0) is 4.74 Å². The van der Waals surface area contributed by atoms with Crippen molar-refractivity contribution in [3.63, 3.8) is 0 Å². The molecule has 6 heteroatoms. The van der Waals surface area contributed by atoms with E-state index in [-0.39, 0.29) is 11.5 Å². The quantitative estimate of drug-likeness (QED) is 0.476. The van der Waals surface area contributed by atoms with E-state index in [9.17, 15) is 4.79 Å². The topological polar surface area (TPSA) is 76.8 Å². The minimum atomic E-state index is -0.308. The standard InChI is InChI=1S/C15H23N3O3/c1-15(2)11-18(8-10-21-15)7-9-20-13-5-3-12(4-6-13)14(19)17-16/h3-6H,7-11,16H2,1-2H3,(H,17,19). The molecule has 0 bridgehead atoms. The van der Waals surface area contributed by atoms with Crippen LogP contribution in [0.1, 0.15) is 24.2 Å². The molecule has 1 heterocycles. The number of nitrogen functional groups attached to an aromatic ring is 1. The predicted octanol–water partition coefficient (Wildman–Crippen LogP) is 0.780. The van der Waals surface area contributed by atoms with Crippen LogP contribution in [0.15, 0.2) is 24.3 Å². The lowest BCUT2D eigenvalue weighted by molar-refractivity contribution is -0.0875. The Bertz CT molecular complexity index is 474. The Kier molecular flexibility index (Phi) is 5.17. The number of carbonyl (C=O) groups is 1. The molecule has 1 aromatic rings. The summed E-state index contributed by atoms with van der Waals surface area (Å²) in [6.07, 6.45) is 0. The van der Waals surface area contributed by atoms with Gasteiger partial charge in [0.25, 0.3) is 5.91 Å². The fourth-order valence-electron chi connectivity index (χ4n) is 2.38. The van der Waals surface area contributed by atoms with Gasteiger partial charge in [0.1, 0.15) is 12.4 Å². The van der Waals surface area contributed by atoms with Crippen molar-refractivity contribution < 1.29 is 14.3 Å². The Labute approximate surface area is 125 Å². The van der Waals surface area contributed by atoms with Crippen molar-refractivity contribution in [1.29, 1.82) is 0 Å². The van der Waals surface area contributed by atoms with Crippen LogP contribution in [0, 0.1) is 0 Å². The van der Waals surface area contributed by atoms with Gasteiger partial charge in [-0.3, -0.25) is 15.1 Å². The molecule has 1 aromatic carbocycles. The van der Waals surface area contributed by atoms with Gasteiger partial charge < -0.3 is 9.47 Å². The lowest BCUT2D eigenvalue weighted by atomic mass is 10.1. The van der Waals surface area contributed by atoms with Crippen LogP contribution in [-0.4, -0.2) is 49.3 Å². The normalized spacial score (nSPS) is 18.2. The smallest absolute Gasteiger partial charge is 0.265 e. The van der Waals surface area contributed by atoms with Crippen molar-refractivity contribution in [2.75, 3.05) is 32.8 Å². The number of hydrogen-bond donors (Lipinski definition) is 2. The summed E-state index contributed by atoms with van der Waals surface area (Å²) in [5.74, 6) is 5.52. The number of nitrogens with two attached hydrogens (primary N) is 1. The van der Waals surface area contributed by atoms with E-state index in [4.69, 9.17) is 15.3 Å². The molecule has 0 aromatic heterocycles. The van der Waals surface area contributed by atoms with Gasteiger partial charge in [-0.15, -0.1) is 0 Å². The molecule has 0 spiro atoms. The van der Waals surface area contributed by atoms with Gasteiger partial charge in [-0.25, -0.2) is 5.84 Å². The van der Waals surface area contributed by atoms with E-state index in [2.05, 4.69) is 24.2 Å². The molecule has 6 nitrogen and oxygen atoms in total. The molecule has 0 unspecified atom stereocenters. The highest BCUT2D eigenvalue weighted by Crippen LogP contribution is 2.16. The number of nitrogens with one attached hydrogen (secondary N) is 1. The number of hydrogen-bond acceptors (Lipinski definition) is 5. The van der Waals surface area contributed by atoms with Crippen molar-refractivity contribution >= 4 is 5.91 Å². The predicted molar refractivity (Wildman–Crippen MR) is 80.1 cm³/mol. The van der Waals surface area contributed by atoms with Crippen LogP contribution >= 0.6 is 0 Å². The van der Waals surface area contributed by atoms with E-state index in [0.29, 0.717) is 12.2 Å². The van der Waals surface area contributed by atoms with Crippen molar-refractivity contribution in [2.45, 2.75) is 19.4 Å². The summed E-state index contributed by atoms with van der Waals surface area (Å²) in [6, 6.07) is 6.92. The van der Waals surface area contributed by atoms with Crippen molar-refractivity contribution in [3.8, 4) is 5.75 Å². The SMILES string of the molecule is CC1(C)CN(CCOc2ccc(C(=O)NN)cc2)CCO1.